The molecule has 0 spiro atoms. The van der Waals surface area contributed by atoms with E-state index in [-0.39, 0.29) is 11.9 Å². The van der Waals surface area contributed by atoms with Gasteiger partial charge in [0.15, 0.2) is 0 Å². The van der Waals surface area contributed by atoms with Crippen LogP contribution in [0.2, 0.25) is 0 Å². The van der Waals surface area contributed by atoms with Crippen LogP contribution in [0.15, 0.2) is 0 Å². The molecule has 2 N–H and O–H groups in total. The monoisotopic (exact) mass is 200 g/mol. The molecule has 2 atom stereocenters. The van der Waals surface area contributed by atoms with Gasteiger partial charge >= 0.3 is 0 Å². The van der Waals surface area contributed by atoms with Crippen LogP contribution >= 0.6 is 0 Å². The van der Waals surface area contributed by atoms with Gasteiger partial charge in [-0.15, -0.1) is 0 Å². The van der Waals surface area contributed by atoms with E-state index in [2.05, 4.69) is 24.5 Å². The normalized spacial score (nSPS) is 24.0. The molecular formula is C10H20N2O2. The Labute approximate surface area is 85.4 Å². The zero-order valence-corrected chi connectivity index (χ0v) is 9.17. The maximum atomic E-state index is 11.0. The molecule has 1 rings (SSSR count). The molecule has 4 nitrogen and oxygen atoms in total. The van der Waals surface area contributed by atoms with Crippen molar-refractivity contribution in [1.82, 2.24) is 10.6 Å². The zero-order valence-electron chi connectivity index (χ0n) is 9.17. The maximum absolute atomic E-state index is 11.0. The second-order valence-corrected chi connectivity index (χ2v) is 4.18. The van der Waals surface area contributed by atoms with Crippen molar-refractivity contribution in [2.24, 2.45) is 5.92 Å². The second kappa shape index (κ2) is 5.32. The van der Waals surface area contributed by atoms with Gasteiger partial charge in [0.1, 0.15) is 0 Å². The maximum Gasteiger partial charge on any atom is 0.221 e. The molecule has 1 amide bonds. The Balaban J connectivity index is 2.35. The molecular weight excluding hydrogens is 180 g/mol. The molecule has 0 aromatic rings. The molecule has 4 heteroatoms. The largest absolute Gasteiger partial charge is 0.383 e. The Morgan fingerprint density at radius 3 is 2.79 bits per heavy atom. The standard InChI is InChI=1S/C10H20N2O2/c1-7(2)9(6-14-3)12-8-4-10(13)11-5-8/h7-9,12H,4-6H2,1-3H3,(H,11,13). The van der Waals surface area contributed by atoms with Crippen LogP contribution in [0.25, 0.3) is 0 Å². The first-order valence-corrected chi connectivity index (χ1v) is 5.15. The summed E-state index contributed by atoms with van der Waals surface area (Å²) < 4.78 is 5.13. The highest BCUT2D eigenvalue weighted by Crippen LogP contribution is 2.07. The predicted octanol–water partition coefficient (Wildman–Crippen LogP) is 0.135. The average molecular weight is 200 g/mol. The van der Waals surface area contributed by atoms with Gasteiger partial charge in [-0.2, -0.15) is 0 Å². The van der Waals surface area contributed by atoms with Crippen molar-refractivity contribution < 1.29 is 9.53 Å². The molecule has 82 valence electrons. The number of ether oxygens (including phenoxy) is 1. The third kappa shape index (κ3) is 3.27. The lowest BCUT2D eigenvalue weighted by Crippen LogP contribution is -2.45. The number of amides is 1. The van der Waals surface area contributed by atoms with Crippen molar-refractivity contribution in [1.29, 1.82) is 0 Å². The van der Waals surface area contributed by atoms with E-state index in [9.17, 15) is 4.79 Å². The Morgan fingerprint density at radius 1 is 1.64 bits per heavy atom. The summed E-state index contributed by atoms with van der Waals surface area (Å²) in [6.07, 6.45) is 0.590. The fourth-order valence-electron chi connectivity index (χ4n) is 1.64. The fourth-order valence-corrected chi connectivity index (χ4v) is 1.64. The highest BCUT2D eigenvalue weighted by atomic mass is 16.5. The first kappa shape index (κ1) is 11.5. The first-order chi connectivity index (χ1) is 6.63. The smallest absolute Gasteiger partial charge is 0.221 e. The second-order valence-electron chi connectivity index (χ2n) is 4.18. The molecule has 14 heavy (non-hydrogen) atoms. The van der Waals surface area contributed by atoms with Gasteiger partial charge in [-0.1, -0.05) is 13.8 Å². The van der Waals surface area contributed by atoms with Crippen LogP contribution in [0, 0.1) is 5.92 Å². The van der Waals surface area contributed by atoms with E-state index >= 15 is 0 Å². The summed E-state index contributed by atoms with van der Waals surface area (Å²) >= 11 is 0. The van der Waals surface area contributed by atoms with Crippen LogP contribution in [0.5, 0.6) is 0 Å². The summed E-state index contributed by atoms with van der Waals surface area (Å²) in [5.41, 5.74) is 0. The summed E-state index contributed by atoms with van der Waals surface area (Å²) in [7, 11) is 1.70. The molecule has 2 unspecified atom stereocenters. The third-order valence-electron chi connectivity index (χ3n) is 2.58. The summed E-state index contributed by atoms with van der Waals surface area (Å²) in [4.78, 5) is 11.0. The van der Waals surface area contributed by atoms with Gasteiger partial charge in [0.05, 0.1) is 6.61 Å². The number of methoxy groups -OCH3 is 1. The lowest BCUT2D eigenvalue weighted by Gasteiger charge is -2.24. The highest BCUT2D eigenvalue weighted by Gasteiger charge is 2.24. The minimum absolute atomic E-state index is 0.141. The van der Waals surface area contributed by atoms with Crippen LogP contribution in [0.1, 0.15) is 20.3 Å². The zero-order chi connectivity index (χ0) is 10.6. The van der Waals surface area contributed by atoms with Crippen LogP contribution < -0.4 is 10.6 Å². The van der Waals surface area contributed by atoms with Crippen LogP contribution in [-0.2, 0) is 9.53 Å². The van der Waals surface area contributed by atoms with Gasteiger partial charge < -0.3 is 15.4 Å². The quantitative estimate of drug-likeness (QED) is 0.663. The van der Waals surface area contributed by atoms with Crippen molar-refractivity contribution in [2.75, 3.05) is 20.3 Å². The topological polar surface area (TPSA) is 50.4 Å². The Bertz CT molecular complexity index is 195. The molecule has 1 fully saturated rings. The Hall–Kier alpha value is -0.610. The van der Waals surface area contributed by atoms with Crippen molar-refractivity contribution in [3.63, 3.8) is 0 Å². The van der Waals surface area contributed by atoms with Gasteiger partial charge in [0.2, 0.25) is 5.91 Å². The molecule has 1 aliphatic rings. The highest BCUT2D eigenvalue weighted by molar-refractivity contribution is 5.78. The molecule has 1 aliphatic heterocycles. The van der Waals surface area contributed by atoms with Gasteiger partial charge in [-0.3, -0.25) is 4.79 Å². The number of carbonyl (C=O) groups is 1. The van der Waals surface area contributed by atoms with Crippen molar-refractivity contribution in [2.45, 2.75) is 32.4 Å². The van der Waals surface area contributed by atoms with Gasteiger partial charge in [-0.05, 0) is 5.92 Å². The van der Waals surface area contributed by atoms with E-state index in [1.807, 2.05) is 0 Å². The molecule has 0 bridgehead atoms. The summed E-state index contributed by atoms with van der Waals surface area (Å²) in [6, 6.07) is 0.600. The molecule has 1 heterocycles. The van der Waals surface area contributed by atoms with E-state index in [0.29, 0.717) is 25.0 Å². The van der Waals surface area contributed by atoms with E-state index in [1.54, 1.807) is 7.11 Å². The summed E-state index contributed by atoms with van der Waals surface area (Å²) in [6.45, 7) is 5.75. The molecule has 0 radical (unpaired) electrons. The number of hydrogen-bond acceptors (Lipinski definition) is 3. The summed E-state index contributed by atoms with van der Waals surface area (Å²) in [5, 5.41) is 6.25. The number of rotatable bonds is 5. The van der Waals surface area contributed by atoms with Gasteiger partial charge in [0, 0.05) is 32.2 Å². The minimum atomic E-state index is 0.141. The predicted molar refractivity (Wildman–Crippen MR) is 55.1 cm³/mol. The van der Waals surface area contributed by atoms with Gasteiger partial charge in [-0.25, -0.2) is 0 Å². The Kier molecular flexibility index (Phi) is 4.35. The number of nitrogens with one attached hydrogen (secondary N) is 2. The van der Waals surface area contributed by atoms with Crippen molar-refractivity contribution in [3.05, 3.63) is 0 Å². The van der Waals surface area contributed by atoms with Crippen molar-refractivity contribution >= 4 is 5.91 Å². The summed E-state index contributed by atoms with van der Waals surface area (Å²) in [5.74, 6) is 0.660. The van der Waals surface area contributed by atoms with E-state index in [0.717, 1.165) is 6.54 Å². The van der Waals surface area contributed by atoms with Crippen LogP contribution in [-0.4, -0.2) is 38.3 Å². The Morgan fingerprint density at radius 2 is 2.36 bits per heavy atom. The van der Waals surface area contributed by atoms with Crippen LogP contribution in [0.4, 0.5) is 0 Å². The number of carbonyl (C=O) groups excluding carboxylic acids is 1. The molecule has 1 saturated heterocycles. The van der Waals surface area contributed by atoms with E-state index < -0.39 is 0 Å². The van der Waals surface area contributed by atoms with E-state index in [4.69, 9.17) is 4.74 Å². The van der Waals surface area contributed by atoms with Crippen LogP contribution in [0.3, 0.4) is 0 Å². The van der Waals surface area contributed by atoms with Gasteiger partial charge in [0.25, 0.3) is 0 Å². The molecule has 0 saturated carbocycles. The average Bonchev–Trinajstić information content (AvgIpc) is 2.50. The number of hydrogen-bond donors (Lipinski definition) is 2. The first-order valence-electron chi connectivity index (χ1n) is 5.15. The molecule has 0 aliphatic carbocycles. The molecule has 0 aromatic heterocycles. The lowest BCUT2D eigenvalue weighted by molar-refractivity contribution is -0.119. The minimum Gasteiger partial charge on any atom is -0.383 e. The van der Waals surface area contributed by atoms with E-state index in [1.165, 1.54) is 0 Å². The van der Waals surface area contributed by atoms with Crippen molar-refractivity contribution in [3.8, 4) is 0 Å². The fraction of sp³-hybridized carbons (Fsp3) is 0.900. The SMILES string of the molecule is COCC(NC1CNC(=O)C1)C(C)C. The lowest BCUT2D eigenvalue weighted by atomic mass is 10.0. The third-order valence-corrected chi connectivity index (χ3v) is 2.58. The molecule has 0 aromatic carbocycles.